The number of methoxy groups -OCH3 is 2. The first-order valence-corrected chi connectivity index (χ1v) is 13.3. The van der Waals surface area contributed by atoms with Crippen LogP contribution in [0.4, 0.5) is 0 Å². The number of ether oxygens (including phenoxy) is 2. The number of nitrogens with zero attached hydrogens (tertiary/aromatic N) is 4. The number of hydrogen-bond donors (Lipinski definition) is 0. The Bertz CT molecular complexity index is 1460. The van der Waals surface area contributed by atoms with E-state index in [9.17, 15) is 4.79 Å². The quantitative estimate of drug-likeness (QED) is 0.287. The Labute approximate surface area is 233 Å². The first kappa shape index (κ1) is 26.5. The fourth-order valence-corrected chi connectivity index (χ4v) is 4.90. The molecule has 7 nitrogen and oxygen atoms in total. The second kappa shape index (κ2) is 12.2. The molecule has 2 heterocycles. The number of rotatable bonds is 8. The van der Waals surface area contributed by atoms with Gasteiger partial charge in [-0.15, -0.1) is 0 Å². The molecule has 4 aromatic rings. The molecule has 0 aliphatic carbocycles. The molecule has 1 aliphatic heterocycles. The van der Waals surface area contributed by atoms with Crippen molar-refractivity contribution in [1.82, 2.24) is 19.6 Å². The van der Waals surface area contributed by atoms with Crippen LogP contribution < -0.4 is 9.47 Å². The summed E-state index contributed by atoms with van der Waals surface area (Å²) in [4.78, 5) is 18.1. The number of halogens is 1. The van der Waals surface area contributed by atoms with E-state index in [1.54, 1.807) is 31.0 Å². The number of amides is 1. The van der Waals surface area contributed by atoms with Gasteiger partial charge in [0.25, 0.3) is 5.91 Å². The summed E-state index contributed by atoms with van der Waals surface area (Å²) in [5, 5.41) is 5.33. The van der Waals surface area contributed by atoms with Crippen LogP contribution in [0.25, 0.3) is 23.0 Å². The van der Waals surface area contributed by atoms with Crippen LogP contribution >= 0.6 is 11.6 Å². The number of carbonyl (C=O) groups is 1. The van der Waals surface area contributed by atoms with Gasteiger partial charge >= 0.3 is 0 Å². The van der Waals surface area contributed by atoms with Crippen molar-refractivity contribution >= 4 is 23.6 Å². The lowest BCUT2D eigenvalue weighted by molar-refractivity contribution is 0.0641. The maximum Gasteiger partial charge on any atom is 0.272 e. The normalized spacial score (nSPS) is 14.1. The van der Waals surface area contributed by atoms with Crippen LogP contribution in [0.5, 0.6) is 11.5 Å². The van der Waals surface area contributed by atoms with Gasteiger partial charge < -0.3 is 14.4 Å². The maximum atomic E-state index is 13.8. The molecular formula is C31H31ClN4O3. The van der Waals surface area contributed by atoms with E-state index in [2.05, 4.69) is 29.2 Å². The van der Waals surface area contributed by atoms with Crippen molar-refractivity contribution < 1.29 is 14.3 Å². The first-order valence-electron chi connectivity index (χ1n) is 12.9. The largest absolute Gasteiger partial charge is 0.497 e. The van der Waals surface area contributed by atoms with E-state index < -0.39 is 0 Å². The Morgan fingerprint density at radius 2 is 1.67 bits per heavy atom. The van der Waals surface area contributed by atoms with E-state index in [4.69, 9.17) is 26.2 Å². The highest BCUT2D eigenvalue weighted by Crippen LogP contribution is 2.34. The van der Waals surface area contributed by atoms with Crippen molar-refractivity contribution in [2.45, 2.75) is 0 Å². The van der Waals surface area contributed by atoms with E-state index in [0.29, 0.717) is 46.7 Å². The third-order valence-corrected chi connectivity index (χ3v) is 7.15. The third-order valence-electron chi connectivity index (χ3n) is 6.83. The van der Waals surface area contributed by atoms with E-state index in [-0.39, 0.29) is 5.91 Å². The smallest absolute Gasteiger partial charge is 0.272 e. The summed E-state index contributed by atoms with van der Waals surface area (Å²) in [5.41, 5.74) is 3.65. The molecule has 3 aromatic carbocycles. The van der Waals surface area contributed by atoms with Gasteiger partial charge in [-0.1, -0.05) is 66.2 Å². The molecule has 8 heteroatoms. The number of benzene rings is 3. The van der Waals surface area contributed by atoms with Crippen LogP contribution in [0.3, 0.4) is 0 Å². The van der Waals surface area contributed by atoms with Gasteiger partial charge in [-0.2, -0.15) is 5.10 Å². The second-order valence-electron chi connectivity index (χ2n) is 9.25. The summed E-state index contributed by atoms with van der Waals surface area (Å²) < 4.78 is 12.6. The van der Waals surface area contributed by atoms with Gasteiger partial charge in [-0.3, -0.25) is 9.69 Å². The number of hydrogen-bond acceptors (Lipinski definition) is 5. The second-order valence-corrected chi connectivity index (χ2v) is 9.66. The predicted octanol–water partition coefficient (Wildman–Crippen LogP) is 5.68. The minimum absolute atomic E-state index is 0.0828. The molecule has 0 saturated carbocycles. The predicted molar refractivity (Wildman–Crippen MR) is 155 cm³/mol. The molecule has 1 fully saturated rings. The van der Waals surface area contributed by atoms with Crippen molar-refractivity contribution in [3.63, 3.8) is 0 Å². The molecule has 1 saturated heterocycles. The highest BCUT2D eigenvalue weighted by molar-refractivity contribution is 6.32. The van der Waals surface area contributed by atoms with Crippen molar-refractivity contribution in [2.75, 3.05) is 46.9 Å². The van der Waals surface area contributed by atoms with Gasteiger partial charge in [0, 0.05) is 44.4 Å². The molecule has 39 heavy (non-hydrogen) atoms. The average molecular weight is 543 g/mol. The van der Waals surface area contributed by atoms with Crippen LogP contribution in [0.2, 0.25) is 5.02 Å². The zero-order valence-electron chi connectivity index (χ0n) is 22.1. The number of piperazine rings is 1. The van der Waals surface area contributed by atoms with E-state index in [1.807, 2.05) is 59.5 Å². The molecule has 0 unspecified atom stereocenters. The van der Waals surface area contributed by atoms with E-state index >= 15 is 0 Å². The monoisotopic (exact) mass is 542 g/mol. The summed E-state index contributed by atoms with van der Waals surface area (Å²) in [6.07, 6.45) is 4.31. The van der Waals surface area contributed by atoms with Crippen molar-refractivity contribution in [1.29, 1.82) is 0 Å². The van der Waals surface area contributed by atoms with Crippen LogP contribution in [-0.2, 0) is 0 Å². The zero-order chi connectivity index (χ0) is 27.2. The summed E-state index contributed by atoms with van der Waals surface area (Å²) in [7, 11) is 3.21. The molecule has 200 valence electrons. The molecule has 1 amide bonds. The number of aromatic nitrogens is 2. The third kappa shape index (κ3) is 6.00. The highest BCUT2D eigenvalue weighted by atomic mass is 35.5. The molecule has 0 N–H and O–H groups in total. The fraction of sp³-hybridized carbons (Fsp3) is 0.226. The van der Waals surface area contributed by atoms with E-state index in [1.165, 1.54) is 5.56 Å². The minimum atomic E-state index is -0.0828. The number of carbonyl (C=O) groups excluding carboxylic acids is 1. The Kier molecular flexibility index (Phi) is 8.30. The van der Waals surface area contributed by atoms with Gasteiger partial charge in [0.05, 0.1) is 30.6 Å². The topological polar surface area (TPSA) is 59.8 Å². The Balaban J connectivity index is 1.38. The van der Waals surface area contributed by atoms with Crippen LogP contribution in [-0.4, -0.2) is 72.4 Å². The molecule has 0 spiro atoms. The maximum absolute atomic E-state index is 13.8. The molecule has 0 atom stereocenters. The lowest BCUT2D eigenvalue weighted by atomic mass is 10.1. The first-order chi connectivity index (χ1) is 19.1. The average Bonchev–Trinajstić information content (AvgIpc) is 3.42. The summed E-state index contributed by atoms with van der Waals surface area (Å²) in [6.45, 7) is 3.70. The van der Waals surface area contributed by atoms with Gasteiger partial charge in [0.2, 0.25) is 0 Å². The standard InChI is InChI=1S/C31H31ClN4O3/c1-38-24-14-15-25(30(21-24)39-2)27-22-29(36(33-27)28-13-7-6-12-26(28)32)31(37)35-19-17-34(18-20-35)16-8-11-23-9-4-3-5-10-23/h3-15,21-22H,16-20H2,1-2H3. The van der Waals surface area contributed by atoms with Gasteiger partial charge in [0.15, 0.2) is 0 Å². The Morgan fingerprint density at radius 1 is 0.923 bits per heavy atom. The molecule has 1 aromatic heterocycles. The molecule has 5 rings (SSSR count). The zero-order valence-corrected chi connectivity index (χ0v) is 22.8. The van der Waals surface area contributed by atoms with Gasteiger partial charge in [0.1, 0.15) is 17.2 Å². The number of para-hydroxylation sites is 1. The Hall–Kier alpha value is -4.07. The fourth-order valence-electron chi connectivity index (χ4n) is 4.68. The molecule has 0 bridgehead atoms. The highest BCUT2D eigenvalue weighted by Gasteiger charge is 2.27. The summed E-state index contributed by atoms with van der Waals surface area (Å²) in [6, 6.07) is 25.0. The van der Waals surface area contributed by atoms with Crippen molar-refractivity contribution in [3.8, 4) is 28.4 Å². The van der Waals surface area contributed by atoms with Crippen LogP contribution in [0.1, 0.15) is 16.1 Å². The van der Waals surface area contributed by atoms with Gasteiger partial charge in [-0.05, 0) is 35.9 Å². The van der Waals surface area contributed by atoms with Crippen molar-refractivity contribution in [3.05, 3.63) is 101 Å². The SMILES string of the molecule is COc1ccc(-c2cc(C(=O)N3CCN(CC=Cc4ccccc4)CC3)n(-c3ccccc3Cl)n2)c(OC)c1. The molecular weight excluding hydrogens is 512 g/mol. The molecule has 0 radical (unpaired) electrons. The Morgan fingerprint density at radius 3 is 2.38 bits per heavy atom. The van der Waals surface area contributed by atoms with E-state index in [0.717, 1.165) is 25.2 Å². The lowest BCUT2D eigenvalue weighted by Gasteiger charge is -2.34. The summed E-state index contributed by atoms with van der Waals surface area (Å²) in [5.74, 6) is 1.20. The molecule has 1 aliphatic rings. The lowest BCUT2D eigenvalue weighted by Crippen LogP contribution is -2.49. The van der Waals surface area contributed by atoms with Crippen LogP contribution in [0, 0.1) is 0 Å². The van der Waals surface area contributed by atoms with Crippen molar-refractivity contribution in [2.24, 2.45) is 0 Å². The van der Waals surface area contributed by atoms with Crippen LogP contribution in [0.15, 0.2) is 84.9 Å². The van der Waals surface area contributed by atoms with Gasteiger partial charge in [-0.25, -0.2) is 4.68 Å². The minimum Gasteiger partial charge on any atom is -0.497 e. The summed E-state index contributed by atoms with van der Waals surface area (Å²) >= 11 is 6.55.